The molecule has 1 aromatic rings. The summed E-state index contributed by atoms with van der Waals surface area (Å²) in [5.74, 6) is 2.36. The van der Waals surface area contributed by atoms with Crippen LogP contribution in [0.2, 0.25) is 0 Å². The predicted molar refractivity (Wildman–Crippen MR) is 64.9 cm³/mol. The van der Waals surface area contributed by atoms with E-state index in [0.717, 1.165) is 29.9 Å². The van der Waals surface area contributed by atoms with Gasteiger partial charge in [-0.3, -0.25) is 0 Å². The summed E-state index contributed by atoms with van der Waals surface area (Å²) in [6.45, 7) is 4.12. The van der Waals surface area contributed by atoms with E-state index in [1.807, 2.05) is 6.92 Å². The summed E-state index contributed by atoms with van der Waals surface area (Å²) in [5, 5.41) is 1.07. The lowest BCUT2D eigenvalue weighted by Crippen LogP contribution is -2.24. The molecule has 0 aliphatic carbocycles. The zero-order valence-corrected chi connectivity index (χ0v) is 10.5. The maximum absolute atomic E-state index is 5.91. The Labute approximate surface area is 99.6 Å². The molecule has 1 aliphatic rings. The van der Waals surface area contributed by atoms with Gasteiger partial charge in [-0.2, -0.15) is 4.37 Å². The third-order valence-electron chi connectivity index (χ3n) is 2.85. The maximum Gasteiger partial charge on any atom is 0.205 e. The van der Waals surface area contributed by atoms with E-state index >= 15 is 0 Å². The Bertz CT molecular complexity index is 315. The minimum absolute atomic E-state index is 0.686. The van der Waals surface area contributed by atoms with Crippen molar-refractivity contribution in [3.8, 4) is 0 Å². The van der Waals surface area contributed by atoms with Gasteiger partial charge >= 0.3 is 0 Å². The van der Waals surface area contributed by atoms with Crippen LogP contribution in [0.1, 0.15) is 25.1 Å². The molecule has 0 radical (unpaired) electrons. The number of alkyl halides is 1. The van der Waals surface area contributed by atoms with Crippen molar-refractivity contribution >= 4 is 28.3 Å². The number of rotatable bonds is 2. The van der Waals surface area contributed by atoms with Crippen LogP contribution in [0.4, 0.5) is 5.13 Å². The number of hydrogen-bond donors (Lipinski definition) is 0. The summed E-state index contributed by atoms with van der Waals surface area (Å²) < 4.78 is 4.22. The quantitative estimate of drug-likeness (QED) is 0.751. The fraction of sp³-hybridized carbons (Fsp3) is 0.800. The molecule has 5 heteroatoms. The average Bonchev–Trinajstić information content (AvgIpc) is 2.54. The van der Waals surface area contributed by atoms with Gasteiger partial charge in [0.2, 0.25) is 5.13 Å². The molecule has 3 nitrogen and oxygen atoms in total. The average molecular weight is 246 g/mol. The number of nitrogens with zero attached hydrogens (tertiary/aromatic N) is 3. The van der Waals surface area contributed by atoms with Gasteiger partial charge in [0, 0.05) is 30.5 Å². The van der Waals surface area contributed by atoms with Crippen LogP contribution in [0.5, 0.6) is 0 Å². The molecule has 15 heavy (non-hydrogen) atoms. The summed E-state index contributed by atoms with van der Waals surface area (Å²) in [5.41, 5.74) is 0. The number of hydrogen-bond acceptors (Lipinski definition) is 4. The van der Waals surface area contributed by atoms with Crippen LogP contribution in [0.25, 0.3) is 0 Å². The molecule has 0 spiro atoms. The molecule has 2 rings (SSSR count). The van der Waals surface area contributed by atoms with Crippen molar-refractivity contribution in [3.63, 3.8) is 0 Å². The van der Waals surface area contributed by atoms with Crippen molar-refractivity contribution in [2.45, 2.75) is 26.2 Å². The number of aromatic nitrogens is 2. The van der Waals surface area contributed by atoms with Gasteiger partial charge in [-0.05, 0) is 32.1 Å². The van der Waals surface area contributed by atoms with Crippen LogP contribution in [0.15, 0.2) is 0 Å². The molecule has 2 heterocycles. The normalized spacial score (nSPS) is 22.8. The van der Waals surface area contributed by atoms with Gasteiger partial charge < -0.3 is 4.90 Å². The fourth-order valence-corrected chi connectivity index (χ4v) is 2.96. The minimum Gasteiger partial charge on any atom is -0.347 e. The van der Waals surface area contributed by atoms with E-state index in [4.69, 9.17) is 11.6 Å². The Morgan fingerprint density at radius 3 is 3.00 bits per heavy atom. The van der Waals surface area contributed by atoms with Crippen molar-refractivity contribution in [3.05, 3.63) is 5.82 Å². The SMILES string of the molecule is Cc1nsc(N2CCCC(CCl)CC2)n1. The van der Waals surface area contributed by atoms with Gasteiger partial charge in [-0.15, -0.1) is 11.6 Å². The van der Waals surface area contributed by atoms with Crippen molar-refractivity contribution in [2.75, 3.05) is 23.9 Å². The van der Waals surface area contributed by atoms with Crippen LogP contribution >= 0.6 is 23.1 Å². The highest BCUT2D eigenvalue weighted by Crippen LogP contribution is 2.24. The van der Waals surface area contributed by atoms with Crippen molar-refractivity contribution in [1.29, 1.82) is 0 Å². The molecule has 1 aromatic heterocycles. The standard InChI is InChI=1S/C10H16ClN3S/c1-8-12-10(15-13-8)14-5-2-3-9(7-11)4-6-14/h9H,2-7H2,1H3. The van der Waals surface area contributed by atoms with Gasteiger partial charge in [0.15, 0.2) is 0 Å². The first-order valence-electron chi connectivity index (χ1n) is 5.41. The maximum atomic E-state index is 5.91. The molecule has 1 atom stereocenters. The Morgan fingerprint density at radius 2 is 2.33 bits per heavy atom. The molecular formula is C10H16ClN3S. The molecule has 0 aromatic carbocycles. The Kier molecular flexibility index (Phi) is 3.81. The summed E-state index contributed by atoms with van der Waals surface area (Å²) in [7, 11) is 0. The van der Waals surface area contributed by atoms with E-state index in [1.165, 1.54) is 30.8 Å². The lowest BCUT2D eigenvalue weighted by molar-refractivity contribution is 0.527. The van der Waals surface area contributed by atoms with Gasteiger partial charge in [0.1, 0.15) is 5.82 Å². The Morgan fingerprint density at radius 1 is 1.47 bits per heavy atom. The lowest BCUT2D eigenvalue weighted by Gasteiger charge is -2.18. The molecule has 0 saturated carbocycles. The molecule has 0 bridgehead atoms. The fourth-order valence-electron chi connectivity index (χ4n) is 1.93. The van der Waals surface area contributed by atoms with Crippen molar-refractivity contribution in [2.24, 2.45) is 5.92 Å². The highest BCUT2D eigenvalue weighted by Gasteiger charge is 2.18. The van der Waals surface area contributed by atoms with Crippen molar-refractivity contribution < 1.29 is 0 Å². The van der Waals surface area contributed by atoms with E-state index in [1.54, 1.807) is 0 Å². The number of aryl methyl sites for hydroxylation is 1. The first kappa shape index (κ1) is 11.1. The molecule has 84 valence electrons. The topological polar surface area (TPSA) is 29.0 Å². The second kappa shape index (κ2) is 5.12. The third kappa shape index (κ3) is 2.82. The summed E-state index contributed by atoms with van der Waals surface area (Å²) in [6.07, 6.45) is 3.65. The highest BCUT2D eigenvalue weighted by atomic mass is 35.5. The Balaban J connectivity index is 1.99. The second-order valence-corrected chi connectivity index (χ2v) is 5.10. The first-order valence-corrected chi connectivity index (χ1v) is 6.71. The van der Waals surface area contributed by atoms with E-state index in [0.29, 0.717) is 5.92 Å². The molecular weight excluding hydrogens is 230 g/mol. The van der Waals surface area contributed by atoms with Gasteiger partial charge in [-0.1, -0.05) is 0 Å². The van der Waals surface area contributed by atoms with Gasteiger partial charge in [-0.25, -0.2) is 4.98 Å². The van der Waals surface area contributed by atoms with Crippen LogP contribution < -0.4 is 4.90 Å². The van der Waals surface area contributed by atoms with Crippen LogP contribution in [0.3, 0.4) is 0 Å². The van der Waals surface area contributed by atoms with E-state index in [2.05, 4.69) is 14.3 Å². The monoisotopic (exact) mass is 245 g/mol. The molecule has 1 fully saturated rings. The van der Waals surface area contributed by atoms with E-state index in [9.17, 15) is 0 Å². The zero-order chi connectivity index (χ0) is 10.7. The van der Waals surface area contributed by atoms with Crippen LogP contribution in [-0.4, -0.2) is 28.3 Å². The summed E-state index contributed by atoms with van der Waals surface area (Å²) in [4.78, 5) is 6.77. The van der Waals surface area contributed by atoms with E-state index < -0.39 is 0 Å². The van der Waals surface area contributed by atoms with Gasteiger partial charge in [0.25, 0.3) is 0 Å². The highest BCUT2D eigenvalue weighted by molar-refractivity contribution is 7.09. The molecule has 1 saturated heterocycles. The zero-order valence-electron chi connectivity index (χ0n) is 8.95. The number of anilines is 1. The summed E-state index contributed by atoms with van der Waals surface area (Å²) in [6, 6.07) is 0. The van der Waals surface area contributed by atoms with Crippen LogP contribution in [-0.2, 0) is 0 Å². The minimum atomic E-state index is 0.686. The number of halogens is 1. The third-order valence-corrected chi connectivity index (χ3v) is 4.16. The Hall–Kier alpha value is -0.350. The molecule has 1 aliphatic heterocycles. The second-order valence-electron chi connectivity index (χ2n) is 4.06. The first-order chi connectivity index (χ1) is 7.29. The molecule has 1 unspecified atom stereocenters. The molecule has 0 N–H and O–H groups in total. The van der Waals surface area contributed by atoms with E-state index in [-0.39, 0.29) is 0 Å². The predicted octanol–water partition coefficient (Wildman–Crippen LogP) is 2.69. The van der Waals surface area contributed by atoms with Crippen molar-refractivity contribution in [1.82, 2.24) is 9.36 Å². The lowest BCUT2D eigenvalue weighted by atomic mass is 10.0. The molecule has 0 amide bonds. The van der Waals surface area contributed by atoms with Crippen LogP contribution in [0, 0.1) is 12.8 Å². The largest absolute Gasteiger partial charge is 0.347 e. The summed E-state index contributed by atoms with van der Waals surface area (Å²) >= 11 is 7.41. The van der Waals surface area contributed by atoms with Gasteiger partial charge in [0.05, 0.1) is 0 Å². The smallest absolute Gasteiger partial charge is 0.205 e.